The van der Waals surface area contributed by atoms with Gasteiger partial charge in [0.15, 0.2) is 5.41 Å². The SMILES string of the molecule is CCOC(=O)C(CC1CC1)(CC1(C)C(=O)N(C)c2ccccc21)C(=O)OCC. The number of rotatable bonds is 8. The maximum atomic E-state index is 13.2. The Bertz CT molecular complexity index is 767. The molecule has 28 heavy (non-hydrogen) atoms. The number of amides is 1. The molecule has 1 amide bonds. The molecule has 0 radical (unpaired) electrons. The van der Waals surface area contributed by atoms with E-state index in [0.717, 1.165) is 24.1 Å². The first-order valence-corrected chi connectivity index (χ1v) is 10.0. The minimum absolute atomic E-state index is 0.0500. The van der Waals surface area contributed by atoms with Crippen LogP contribution in [0.25, 0.3) is 0 Å². The summed E-state index contributed by atoms with van der Waals surface area (Å²) < 4.78 is 10.7. The largest absolute Gasteiger partial charge is 0.465 e. The second-order valence-corrected chi connectivity index (χ2v) is 8.06. The van der Waals surface area contributed by atoms with E-state index >= 15 is 0 Å². The Morgan fingerprint density at radius 1 is 1.14 bits per heavy atom. The average Bonchev–Trinajstić information content (AvgIpc) is 3.47. The molecule has 1 heterocycles. The molecule has 0 aromatic heterocycles. The van der Waals surface area contributed by atoms with Gasteiger partial charge in [-0.2, -0.15) is 0 Å². The first-order chi connectivity index (χ1) is 13.3. The summed E-state index contributed by atoms with van der Waals surface area (Å²) in [6, 6.07) is 7.54. The van der Waals surface area contributed by atoms with Gasteiger partial charge in [-0.1, -0.05) is 31.0 Å². The fourth-order valence-corrected chi connectivity index (χ4v) is 4.42. The van der Waals surface area contributed by atoms with Crippen LogP contribution in [0.15, 0.2) is 24.3 Å². The maximum Gasteiger partial charge on any atom is 0.323 e. The predicted octanol–water partition coefficient (Wildman–Crippen LogP) is 3.22. The summed E-state index contributed by atoms with van der Waals surface area (Å²) in [4.78, 5) is 41.1. The number of benzene rings is 1. The fourth-order valence-electron chi connectivity index (χ4n) is 4.42. The number of hydrogen-bond donors (Lipinski definition) is 0. The third-order valence-corrected chi connectivity index (χ3v) is 5.96. The van der Waals surface area contributed by atoms with Crippen molar-refractivity contribution in [1.29, 1.82) is 0 Å². The van der Waals surface area contributed by atoms with E-state index < -0.39 is 22.8 Å². The molecule has 6 heteroatoms. The quantitative estimate of drug-likeness (QED) is 0.506. The van der Waals surface area contributed by atoms with Crippen molar-refractivity contribution >= 4 is 23.5 Å². The van der Waals surface area contributed by atoms with E-state index in [1.165, 1.54) is 0 Å². The number of likely N-dealkylation sites (N-methyl/N-ethyl adjacent to an activating group) is 1. The lowest BCUT2D eigenvalue weighted by Crippen LogP contribution is -2.49. The molecule has 1 aliphatic heterocycles. The summed E-state index contributed by atoms with van der Waals surface area (Å²) in [5, 5.41) is 0. The van der Waals surface area contributed by atoms with Crippen LogP contribution in [-0.4, -0.2) is 38.1 Å². The van der Waals surface area contributed by atoms with E-state index in [2.05, 4.69) is 0 Å². The fraction of sp³-hybridized carbons (Fsp3) is 0.591. The highest BCUT2D eigenvalue weighted by Crippen LogP contribution is 2.52. The lowest BCUT2D eigenvalue weighted by molar-refractivity contribution is -0.175. The number of ether oxygens (including phenoxy) is 2. The summed E-state index contributed by atoms with van der Waals surface area (Å²) in [6.07, 6.45) is 2.36. The topological polar surface area (TPSA) is 72.9 Å². The zero-order valence-electron chi connectivity index (χ0n) is 17.1. The second kappa shape index (κ2) is 7.57. The summed E-state index contributed by atoms with van der Waals surface area (Å²) in [7, 11) is 1.73. The number of esters is 2. The normalized spacial score (nSPS) is 21.4. The molecule has 0 bridgehead atoms. The van der Waals surface area contributed by atoms with Crippen LogP contribution in [0.4, 0.5) is 5.69 Å². The molecular formula is C22H29NO5. The van der Waals surface area contributed by atoms with Crippen molar-refractivity contribution in [2.24, 2.45) is 11.3 Å². The van der Waals surface area contributed by atoms with Gasteiger partial charge in [-0.05, 0) is 51.2 Å². The molecule has 152 valence electrons. The van der Waals surface area contributed by atoms with Gasteiger partial charge >= 0.3 is 11.9 Å². The molecular weight excluding hydrogens is 358 g/mol. The van der Waals surface area contributed by atoms with E-state index in [9.17, 15) is 14.4 Å². The Morgan fingerprint density at radius 3 is 2.25 bits per heavy atom. The highest BCUT2D eigenvalue weighted by Gasteiger charge is 2.59. The molecule has 1 fully saturated rings. The van der Waals surface area contributed by atoms with Crippen LogP contribution in [-0.2, 0) is 29.3 Å². The van der Waals surface area contributed by atoms with E-state index in [1.54, 1.807) is 25.8 Å². The second-order valence-electron chi connectivity index (χ2n) is 8.06. The summed E-state index contributed by atoms with van der Waals surface area (Å²) in [5.74, 6) is -1.01. The van der Waals surface area contributed by atoms with Crippen LogP contribution >= 0.6 is 0 Å². The Morgan fingerprint density at radius 2 is 1.71 bits per heavy atom. The Hall–Kier alpha value is -2.37. The van der Waals surface area contributed by atoms with Gasteiger partial charge in [0.1, 0.15) is 0 Å². The molecule has 0 saturated heterocycles. The lowest BCUT2D eigenvalue weighted by atomic mass is 9.66. The van der Waals surface area contributed by atoms with Crippen LogP contribution in [0, 0.1) is 11.3 Å². The van der Waals surface area contributed by atoms with Crippen molar-refractivity contribution in [3.05, 3.63) is 29.8 Å². The Labute approximate surface area is 166 Å². The molecule has 1 aliphatic carbocycles. The Kier molecular flexibility index (Phi) is 5.50. The number of carbonyl (C=O) groups is 3. The first-order valence-electron chi connectivity index (χ1n) is 10.0. The van der Waals surface area contributed by atoms with Crippen LogP contribution in [0.1, 0.15) is 52.0 Å². The molecule has 0 N–H and O–H groups in total. The number of carbonyl (C=O) groups excluding carboxylic acids is 3. The molecule has 6 nitrogen and oxygen atoms in total. The van der Waals surface area contributed by atoms with E-state index in [1.807, 2.05) is 31.2 Å². The maximum absolute atomic E-state index is 13.2. The zero-order chi connectivity index (χ0) is 20.5. The van der Waals surface area contributed by atoms with Crippen molar-refractivity contribution in [1.82, 2.24) is 0 Å². The van der Waals surface area contributed by atoms with Gasteiger partial charge in [-0.3, -0.25) is 14.4 Å². The van der Waals surface area contributed by atoms with E-state index in [4.69, 9.17) is 9.47 Å². The molecule has 1 unspecified atom stereocenters. The van der Waals surface area contributed by atoms with Crippen molar-refractivity contribution < 1.29 is 23.9 Å². The lowest BCUT2D eigenvalue weighted by Gasteiger charge is -2.36. The van der Waals surface area contributed by atoms with Gasteiger partial charge in [0, 0.05) is 12.7 Å². The number of fused-ring (bicyclic) bond motifs is 1. The van der Waals surface area contributed by atoms with E-state index in [0.29, 0.717) is 6.42 Å². The monoisotopic (exact) mass is 387 g/mol. The van der Waals surface area contributed by atoms with Crippen LogP contribution in [0.3, 0.4) is 0 Å². The molecule has 1 aromatic rings. The summed E-state index contributed by atoms with van der Waals surface area (Å²) in [5.41, 5.74) is -0.838. The van der Waals surface area contributed by atoms with Crippen LogP contribution in [0.5, 0.6) is 0 Å². The van der Waals surface area contributed by atoms with Gasteiger partial charge in [0.2, 0.25) is 5.91 Å². The molecule has 1 atom stereocenters. The number of para-hydroxylation sites is 1. The summed E-state index contributed by atoms with van der Waals surface area (Å²) in [6.45, 7) is 5.60. The standard InChI is InChI=1S/C22H29NO5/c1-5-27-19(25)22(13-15-11-12-15,20(26)28-6-2)14-21(3)16-9-7-8-10-17(16)23(4)18(21)24/h7-10,15H,5-6,11-14H2,1-4H3. The van der Waals surface area contributed by atoms with Gasteiger partial charge in [0.25, 0.3) is 0 Å². The molecule has 0 spiro atoms. The van der Waals surface area contributed by atoms with Crippen molar-refractivity contribution in [2.45, 2.75) is 51.9 Å². The number of hydrogen-bond acceptors (Lipinski definition) is 5. The van der Waals surface area contributed by atoms with Gasteiger partial charge in [0.05, 0.1) is 18.6 Å². The Balaban J connectivity index is 2.08. The molecule has 3 rings (SSSR count). The van der Waals surface area contributed by atoms with Crippen molar-refractivity contribution in [2.75, 3.05) is 25.2 Å². The van der Waals surface area contributed by atoms with Crippen molar-refractivity contribution in [3.63, 3.8) is 0 Å². The van der Waals surface area contributed by atoms with E-state index in [-0.39, 0.29) is 31.5 Å². The number of nitrogens with zero attached hydrogens (tertiary/aromatic N) is 1. The molecule has 1 aromatic carbocycles. The minimum atomic E-state index is -1.48. The van der Waals surface area contributed by atoms with Crippen LogP contribution < -0.4 is 4.90 Å². The average molecular weight is 387 g/mol. The third kappa shape index (κ3) is 3.29. The first kappa shape index (κ1) is 20.4. The molecule has 2 aliphatic rings. The number of anilines is 1. The van der Waals surface area contributed by atoms with Gasteiger partial charge < -0.3 is 14.4 Å². The highest BCUT2D eigenvalue weighted by molar-refractivity contribution is 6.09. The highest BCUT2D eigenvalue weighted by atomic mass is 16.6. The minimum Gasteiger partial charge on any atom is -0.465 e. The summed E-state index contributed by atoms with van der Waals surface area (Å²) >= 11 is 0. The van der Waals surface area contributed by atoms with Gasteiger partial charge in [-0.25, -0.2) is 0 Å². The molecule has 1 saturated carbocycles. The predicted molar refractivity (Wildman–Crippen MR) is 105 cm³/mol. The van der Waals surface area contributed by atoms with Crippen LogP contribution in [0.2, 0.25) is 0 Å². The third-order valence-electron chi connectivity index (χ3n) is 5.96. The smallest absolute Gasteiger partial charge is 0.323 e. The zero-order valence-corrected chi connectivity index (χ0v) is 17.1. The van der Waals surface area contributed by atoms with Gasteiger partial charge in [-0.15, -0.1) is 0 Å². The van der Waals surface area contributed by atoms with Crippen molar-refractivity contribution in [3.8, 4) is 0 Å².